The van der Waals surface area contributed by atoms with E-state index < -0.39 is 6.17 Å². The Morgan fingerprint density at radius 1 is 0.935 bits per heavy atom. The molecule has 0 aliphatic carbocycles. The van der Waals surface area contributed by atoms with Gasteiger partial charge < -0.3 is 15.2 Å². The van der Waals surface area contributed by atoms with Crippen molar-refractivity contribution in [3.63, 3.8) is 0 Å². The van der Waals surface area contributed by atoms with Crippen LogP contribution in [-0.2, 0) is 6.42 Å². The minimum atomic E-state index is -0.466. The fourth-order valence-corrected chi connectivity index (χ4v) is 3.86. The van der Waals surface area contributed by atoms with Crippen molar-refractivity contribution >= 4 is 5.70 Å². The normalized spacial score (nSPS) is 18.2. The molecule has 3 N–H and O–H groups in total. The maximum Gasteiger partial charge on any atom is 0.162 e. The number of aromatic hydroxyl groups is 1. The largest absolute Gasteiger partial charge is 0.504 e. The first-order valence-electron chi connectivity index (χ1n) is 10.6. The second-order valence-electron chi connectivity index (χ2n) is 7.50. The van der Waals surface area contributed by atoms with Crippen molar-refractivity contribution in [1.82, 2.24) is 10.6 Å². The lowest BCUT2D eigenvalue weighted by Crippen LogP contribution is -2.40. The van der Waals surface area contributed by atoms with Gasteiger partial charge in [-0.1, -0.05) is 61.5 Å². The number of phenolic OH excluding ortho intramolecular Hbond substituents is 1. The summed E-state index contributed by atoms with van der Waals surface area (Å²) in [7, 11) is 0. The quantitative estimate of drug-likeness (QED) is 0.497. The van der Waals surface area contributed by atoms with Crippen LogP contribution >= 0.6 is 0 Å². The fourth-order valence-electron chi connectivity index (χ4n) is 3.86. The molecule has 1 aliphatic heterocycles. The number of aryl methyl sites for hydroxylation is 1. The maximum absolute atomic E-state index is 14.6. The first-order valence-corrected chi connectivity index (χ1v) is 10.6. The highest BCUT2D eigenvalue weighted by Crippen LogP contribution is 2.38. The van der Waals surface area contributed by atoms with Gasteiger partial charge in [0.05, 0.1) is 12.6 Å². The Morgan fingerprint density at radius 2 is 1.68 bits per heavy atom. The fraction of sp³-hybridized carbons (Fsp3) is 0.231. The second kappa shape index (κ2) is 9.23. The predicted molar refractivity (Wildman–Crippen MR) is 121 cm³/mol. The van der Waals surface area contributed by atoms with Gasteiger partial charge >= 0.3 is 0 Å². The predicted octanol–water partition coefficient (Wildman–Crippen LogP) is 5.47. The molecule has 1 heterocycles. The summed E-state index contributed by atoms with van der Waals surface area (Å²) < 4.78 is 20.2. The number of nitrogens with one attached hydrogen (secondary N) is 2. The van der Waals surface area contributed by atoms with Gasteiger partial charge in [-0.2, -0.15) is 0 Å². The summed E-state index contributed by atoms with van der Waals surface area (Å²) in [5, 5.41) is 17.7. The Bertz CT molecular complexity index is 1080. The lowest BCUT2D eigenvalue weighted by atomic mass is 9.97. The molecule has 0 saturated heterocycles. The van der Waals surface area contributed by atoms with E-state index in [1.165, 1.54) is 11.6 Å². The van der Waals surface area contributed by atoms with E-state index in [4.69, 9.17) is 4.74 Å². The number of hydrogen-bond acceptors (Lipinski definition) is 4. The highest BCUT2D eigenvalue weighted by atomic mass is 19.1. The summed E-state index contributed by atoms with van der Waals surface area (Å²) in [6, 6.07) is 20.1. The maximum atomic E-state index is 14.6. The van der Waals surface area contributed by atoms with Crippen LogP contribution in [0.25, 0.3) is 5.70 Å². The topological polar surface area (TPSA) is 53.5 Å². The van der Waals surface area contributed by atoms with E-state index in [1.807, 2.05) is 31.2 Å². The van der Waals surface area contributed by atoms with Crippen molar-refractivity contribution in [3.05, 3.63) is 101 Å². The third kappa shape index (κ3) is 4.42. The number of halogens is 1. The van der Waals surface area contributed by atoms with Crippen LogP contribution in [0.1, 0.15) is 48.3 Å². The molecule has 5 heteroatoms. The smallest absolute Gasteiger partial charge is 0.162 e. The molecule has 0 fully saturated rings. The molecule has 0 amide bonds. The standard InChI is InChI=1S/C26H27FN2O2/c1-3-17-12-14-18(15-13-17)22-16-23(20-9-7-11-24(25(20)30)31-4-2)29-26(28-22)19-8-5-6-10-21(19)27/h5-16,23,26,28-30H,3-4H2,1-2H3. The van der Waals surface area contributed by atoms with E-state index in [-0.39, 0.29) is 17.6 Å². The average molecular weight is 419 g/mol. The number of rotatable bonds is 6. The van der Waals surface area contributed by atoms with E-state index in [2.05, 4.69) is 41.8 Å². The molecule has 3 aromatic rings. The molecule has 2 unspecified atom stereocenters. The zero-order valence-electron chi connectivity index (χ0n) is 17.7. The van der Waals surface area contributed by atoms with Gasteiger partial charge in [-0.3, -0.25) is 5.32 Å². The summed E-state index contributed by atoms with van der Waals surface area (Å²) in [6.07, 6.45) is 2.52. The van der Waals surface area contributed by atoms with Gasteiger partial charge in [-0.25, -0.2) is 4.39 Å². The lowest BCUT2D eigenvalue weighted by Gasteiger charge is -2.33. The Labute approximate surface area is 182 Å². The molecule has 0 spiro atoms. The van der Waals surface area contributed by atoms with Crippen molar-refractivity contribution in [3.8, 4) is 11.5 Å². The minimum Gasteiger partial charge on any atom is -0.504 e. The number of para-hydroxylation sites is 1. The van der Waals surface area contributed by atoms with Crippen molar-refractivity contribution < 1.29 is 14.2 Å². The molecule has 31 heavy (non-hydrogen) atoms. The summed E-state index contributed by atoms with van der Waals surface area (Å²) >= 11 is 0. The van der Waals surface area contributed by atoms with E-state index in [1.54, 1.807) is 18.2 Å². The number of phenols is 1. The molecule has 160 valence electrons. The summed E-state index contributed by atoms with van der Waals surface area (Å²) in [5.41, 5.74) is 4.33. The van der Waals surface area contributed by atoms with Crippen LogP contribution in [0.4, 0.5) is 4.39 Å². The first-order chi connectivity index (χ1) is 15.1. The van der Waals surface area contributed by atoms with Crippen molar-refractivity contribution in [2.24, 2.45) is 0 Å². The van der Waals surface area contributed by atoms with Crippen molar-refractivity contribution in [1.29, 1.82) is 0 Å². The minimum absolute atomic E-state index is 0.0907. The molecule has 0 aromatic heterocycles. The van der Waals surface area contributed by atoms with Crippen LogP contribution in [0.3, 0.4) is 0 Å². The lowest BCUT2D eigenvalue weighted by molar-refractivity contribution is 0.314. The third-order valence-electron chi connectivity index (χ3n) is 5.53. The molecule has 2 atom stereocenters. The van der Waals surface area contributed by atoms with Gasteiger partial charge in [0, 0.05) is 16.8 Å². The Morgan fingerprint density at radius 3 is 2.39 bits per heavy atom. The summed E-state index contributed by atoms with van der Waals surface area (Å²) in [4.78, 5) is 0. The second-order valence-corrected chi connectivity index (χ2v) is 7.50. The van der Waals surface area contributed by atoms with Gasteiger partial charge in [0.25, 0.3) is 0 Å². The van der Waals surface area contributed by atoms with Crippen LogP contribution in [0, 0.1) is 5.82 Å². The summed E-state index contributed by atoms with van der Waals surface area (Å²) in [6.45, 7) is 4.45. The van der Waals surface area contributed by atoms with Gasteiger partial charge in [-0.05, 0) is 42.7 Å². The molecule has 0 saturated carbocycles. The van der Waals surface area contributed by atoms with Crippen molar-refractivity contribution in [2.75, 3.05) is 6.61 Å². The highest BCUT2D eigenvalue weighted by Gasteiger charge is 2.28. The van der Waals surface area contributed by atoms with Gasteiger partial charge in [0.1, 0.15) is 12.0 Å². The van der Waals surface area contributed by atoms with Gasteiger partial charge in [-0.15, -0.1) is 0 Å². The monoisotopic (exact) mass is 418 g/mol. The van der Waals surface area contributed by atoms with E-state index in [0.717, 1.165) is 17.7 Å². The highest BCUT2D eigenvalue weighted by molar-refractivity contribution is 5.67. The number of benzene rings is 3. The van der Waals surface area contributed by atoms with E-state index in [9.17, 15) is 9.50 Å². The SMILES string of the molecule is CCOc1cccc(C2C=C(c3ccc(CC)cc3)NC(c3ccccc3F)N2)c1O. The first kappa shape index (κ1) is 20.9. The number of ether oxygens (including phenoxy) is 1. The molecular weight excluding hydrogens is 391 g/mol. The molecule has 3 aromatic carbocycles. The number of hydrogen-bond donors (Lipinski definition) is 3. The molecule has 1 aliphatic rings. The Kier molecular flexibility index (Phi) is 6.23. The Balaban J connectivity index is 1.77. The van der Waals surface area contributed by atoms with E-state index >= 15 is 0 Å². The zero-order valence-corrected chi connectivity index (χ0v) is 17.7. The molecule has 4 rings (SSSR count). The Hall–Kier alpha value is -3.31. The van der Waals surface area contributed by atoms with Crippen LogP contribution in [-0.4, -0.2) is 11.7 Å². The van der Waals surface area contributed by atoms with Crippen molar-refractivity contribution in [2.45, 2.75) is 32.5 Å². The molecule has 4 nitrogen and oxygen atoms in total. The summed E-state index contributed by atoms with van der Waals surface area (Å²) in [5.74, 6) is 0.235. The molecule has 0 radical (unpaired) electrons. The molecule has 0 bridgehead atoms. The molecular formula is C26H27FN2O2. The van der Waals surface area contributed by atoms with E-state index in [0.29, 0.717) is 23.5 Å². The van der Waals surface area contributed by atoms with Crippen LogP contribution in [0.15, 0.2) is 72.8 Å². The van der Waals surface area contributed by atoms with Crippen LogP contribution < -0.4 is 15.4 Å². The zero-order chi connectivity index (χ0) is 21.8. The van der Waals surface area contributed by atoms with Gasteiger partial charge in [0.2, 0.25) is 0 Å². The van der Waals surface area contributed by atoms with Gasteiger partial charge in [0.15, 0.2) is 11.5 Å². The average Bonchev–Trinajstić information content (AvgIpc) is 2.80. The third-order valence-corrected chi connectivity index (χ3v) is 5.53. The van der Waals surface area contributed by atoms with Crippen LogP contribution in [0.5, 0.6) is 11.5 Å². The van der Waals surface area contributed by atoms with Crippen LogP contribution in [0.2, 0.25) is 0 Å².